The van der Waals surface area contributed by atoms with Crippen LogP contribution < -0.4 is 5.73 Å². The van der Waals surface area contributed by atoms with E-state index in [0.717, 1.165) is 5.56 Å². The summed E-state index contributed by atoms with van der Waals surface area (Å²) in [7, 11) is 0. The fourth-order valence-corrected chi connectivity index (χ4v) is 1.41. The lowest BCUT2D eigenvalue weighted by Gasteiger charge is -2.03. The summed E-state index contributed by atoms with van der Waals surface area (Å²) >= 11 is 0. The number of nitrogen functional groups attached to an aromatic ring is 1. The molecule has 1 aromatic heterocycles. The van der Waals surface area contributed by atoms with E-state index in [2.05, 4.69) is 4.98 Å². The van der Waals surface area contributed by atoms with Crippen molar-refractivity contribution in [1.82, 2.24) is 4.98 Å². The Kier molecular flexibility index (Phi) is 1.79. The van der Waals surface area contributed by atoms with Crippen molar-refractivity contribution >= 4 is 11.6 Å². The molecule has 13 heavy (non-hydrogen) atoms. The van der Waals surface area contributed by atoms with Crippen LogP contribution in [0.3, 0.4) is 0 Å². The normalized spacial score (nSPS) is 15.8. The Morgan fingerprint density at radius 3 is 2.85 bits per heavy atom. The van der Waals surface area contributed by atoms with Gasteiger partial charge in [-0.25, -0.2) is 4.98 Å². The van der Waals surface area contributed by atoms with Gasteiger partial charge in [0, 0.05) is 6.20 Å². The van der Waals surface area contributed by atoms with E-state index >= 15 is 0 Å². The molecule has 0 spiro atoms. The second-order valence-corrected chi connectivity index (χ2v) is 3.53. The highest BCUT2D eigenvalue weighted by Crippen LogP contribution is 2.40. The van der Waals surface area contributed by atoms with Crippen molar-refractivity contribution in [3.63, 3.8) is 0 Å². The van der Waals surface area contributed by atoms with Crippen LogP contribution in [0, 0.1) is 0 Å². The minimum Gasteiger partial charge on any atom is -0.383 e. The minimum atomic E-state index is -0.00694. The molecule has 0 aliphatic heterocycles. The van der Waals surface area contributed by atoms with Crippen LogP contribution in [-0.2, 0) is 0 Å². The molecular formula is C10H12N2O. The van der Waals surface area contributed by atoms with E-state index in [1.165, 1.54) is 19.8 Å². The highest BCUT2D eigenvalue weighted by Gasteiger charge is 2.24. The maximum Gasteiger partial charge on any atom is 0.163 e. The molecule has 68 valence electrons. The first-order valence-corrected chi connectivity index (χ1v) is 4.45. The predicted octanol–water partition coefficient (Wildman–Crippen LogP) is 1.74. The summed E-state index contributed by atoms with van der Waals surface area (Å²) in [5.74, 6) is 0.954. The zero-order valence-corrected chi connectivity index (χ0v) is 7.58. The minimum absolute atomic E-state index is 0.00694. The molecule has 1 aliphatic rings. The molecular weight excluding hydrogens is 164 g/mol. The molecule has 1 saturated carbocycles. The SMILES string of the molecule is CC(=O)c1cc(C2CC2)cnc1N. The summed E-state index contributed by atoms with van der Waals surface area (Å²) < 4.78 is 0. The van der Waals surface area contributed by atoms with Crippen LogP contribution >= 0.6 is 0 Å². The first kappa shape index (κ1) is 8.23. The van der Waals surface area contributed by atoms with E-state index in [-0.39, 0.29) is 5.78 Å². The molecule has 2 N–H and O–H groups in total. The fourth-order valence-electron chi connectivity index (χ4n) is 1.41. The number of anilines is 1. The van der Waals surface area contributed by atoms with Gasteiger partial charge in [-0.1, -0.05) is 0 Å². The second kappa shape index (κ2) is 2.83. The van der Waals surface area contributed by atoms with Gasteiger partial charge in [0.05, 0.1) is 5.56 Å². The van der Waals surface area contributed by atoms with Crippen LogP contribution in [0.2, 0.25) is 0 Å². The number of carbonyl (C=O) groups is 1. The Labute approximate surface area is 77.0 Å². The molecule has 1 aliphatic carbocycles. The van der Waals surface area contributed by atoms with Crippen molar-refractivity contribution in [2.45, 2.75) is 25.7 Å². The van der Waals surface area contributed by atoms with Crippen molar-refractivity contribution in [1.29, 1.82) is 0 Å². The van der Waals surface area contributed by atoms with E-state index in [0.29, 0.717) is 17.3 Å². The Morgan fingerprint density at radius 1 is 1.62 bits per heavy atom. The van der Waals surface area contributed by atoms with Crippen LogP contribution in [0.4, 0.5) is 5.82 Å². The van der Waals surface area contributed by atoms with E-state index in [1.54, 1.807) is 6.20 Å². The molecule has 0 amide bonds. The van der Waals surface area contributed by atoms with Gasteiger partial charge in [-0.05, 0) is 37.3 Å². The monoisotopic (exact) mass is 176 g/mol. The summed E-state index contributed by atoms with van der Waals surface area (Å²) in [5, 5.41) is 0. The standard InChI is InChI=1S/C10H12N2O/c1-6(13)9-4-8(7-2-3-7)5-12-10(9)11/h4-5,7H,2-3H2,1H3,(H2,11,12). The number of hydrogen-bond donors (Lipinski definition) is 1. The van der Waals surface area contributed by atoms with Gasteiger partial charge in [-0.3, -0.25) is 4.79 Å². The molecule has 0 saturated heterocycles. The summed E-state index contributed by atoms with van der Waals surface area (Å²) in [5.41, 5.74) is 7.29. The third kappa shape index (κ3) is 1.54. The molecule has 0 atom stereocenters. The highest BCUT2D eigenvalue weighted by atomic mass is 16.1. The molecule has 3 nitrogen and oxygen atoms in total. The van der Waals surface area contributed by atoms with Crippen LogP contribution in [0.1, 0.15) is 41.6 Å². The Balaban J connectivity index is 2.41. The quantitative estimate of drug-likeness (QED) is 0.698. The van der Waals surface area contributed by atoms with Crippen molar-refractivity contribution in [3.8, 4) is 0 Å². The number of hydrogen-bond acceptors (Lipinski definition) is 3. The highest BCUT2D eigenvalue weighted by molar-refractivity contribution is 5.98. The smallest absolute Gasteiger partial charge is 0.163 e. The van der Waals surface area contributed by atoms with Crippen LogP contribution in [0.15, 0.2) is 12.3 Å². The number of pyridine rings is 1. The zero-order chi connectivity index (χ0) is 9.42. The van der Waals surface area contributed by atoms with Gasteiger partial charge < -0.3 is 5.73 Å². The number of Topliss-reactive ketones (excluding diaryl/α,β-unsaturated/α-hetero) is 1. The van der Waals surface area contributed by atoms with E-state index < -0.39 is 0 Å². The van der Waals surface area contributed by atoms with E-state index in [1.807, 2.05) is 6.07 Å². The molecule has 2 rings (SSSR count). The van der Waals surface area contributed by atoms with E-state index in [4.69, 9.17) is 5.73 Å². The average molecular weight is 176 g/mol. The van der Waals surface area contributed by atoms with Gasteiger partial charge in [0.25, 0.3) is 0 Å². The second-order valence-electron chi connectivity index (χ2n) is 3.53. The van der Waals surface area contributed by atoms with Crippen molar-refractivity contribution in [3.05, 3.63) is 23.4 Å². The number of carbonyl (C=O) groups excluding carboxylic acids is 1. The van der Waals surface area contributed by atoms with Gasteiger partial charge in [0.2, 0.25) is 0 Å². The Hall–Kier alpha value is -1.38. The summed E-state index contributed by atoms with van der Waals surface area (Å²) in [4.78, 5) is 15.2. The summed E-state index contributed by atoms with van der Waals surface area (Å²) in [6.45, 7) is 1.52. The Morgan fingerprint density at radius 2 is 2.31 bits per heavy atom. The first-order valence-electron chi connectivity index (χ1n) is 4.45. The van der Waals surface area contributed by atoms with Crippen molar-refractivity contribution in [2.24, 2.45) is 0 Å². The molecule has 0 bridgehead atoms. The van der Waals surface area contributed by atoms with Crippen molar-refractivity contribution < 1.29 is 4.79 Å². The maximum absolute atomic E-state index is 11.1. The van der Waals surface area contributed by atoms with Gasteiger partial charge in [-0.15, -0.1) is 0 Å². The molecule has 0 aromatic carbocycles. The lowest BCUT2D eigenvalue weighted by Crippen LogP contribution is -2.03. The fraction of sp³-hybridized carbons (Fsp3) is 0.400. The Bertz CT molecular complexity index is 356. The van der Waals surface area contributed by atoms with Gasteiger partial charge >= 0.3 is 0 Å². The van der Waals surface area contributed by atoms with Crippen LogP contribution in [0.5, 0.6) is 0 Å². The van der Waals surface area contributed by atoms with Crippen LogP contribution in [-0.4, -0.2) is 10.8 Å². The lowest BCUT2D eigenvalue weighted by molar-refractivity contribution is 0.101. The number of nitrogens with zero attached hydrogens (tertiary/aromatic N) is 1. The van der Waals surface area contributed by atoms with Crippen LogP contribution in [0.25, 0.3) is 0 Å². The summed E-state index contributed by atoms with van der Waals surface area (Å²) in [6.07, 6.45) is 4.20. The topological polar surface area (TPSA) is 56.0 Å². The number of nitrogens with two attached hydrogens (primary N) is 1. The lowest BCUT2D eigenvalue weighted by atomic mass is 10.1. The average Bonchev–Trinajstić information content (AvgIpc) is 2.87. The van der Waals surface area contributed by atoms with Gasteiger partial charge in [0.15, 0.2) is 5.78 Å². The van der Waals surface area contributed by atoms with Gasteiger partial charge in [-0.2, -0.15) is 0 Å². The number of rotatable bonds is 2. The number of aromatic nitrogens is 1. The molecule has 1 aromatic rings. The third-order valence-corrected chi connectivity index (χ3v) is 2.37. The molecule has 0 radical (unpaired) electrons. The molecule has 1 fully saturated rings. The third-order valence-electron chi connectivity index (χ3n) is 2.37. The molecule has 0 unspecified atom stereocenters. The predicted molar refractivity (Wildman–Crippen MR) is 50.6 cm³/mol. The van der Waals surface area contributed by atoms with E-state index in [9.17, 15) is 4.79 Å². The first-order chi connectivity index (χ1) is 6.18. The largest absolute Gasteiger partial charge is 0.383 e. The number of ketones is 1. The molecule has 1 heterocycles. The van der Waals surface area contributed by atoms with Crippen molar-refractivity contribution in [2.75, 3.05) is 5.73 Å². The zero-order valence-electron chi connectivity index (χ0n) is 7.58. The molecule has 3 heteroatoms. The van der Waals surface area contributed by atoms with Gasteiger partial charge in [0.1, 0.15) is 5.82 Å². The maximum atomic E-state index is 11.1. The summed E-state index contributed by atoms with van der Waals surface area (Å²) in [6, 6.07) is 1.88.